The van der Waals surface area contributed by atoms with Crippen molar-refractivity contribution in [3.8, 4) is 0 Å². The molecule has 1 N–H and O–H groups in total. The number of hydrogen-bond donors (Lipinski definition) is 1. The Bertz CT molecular complexity index is 1450. The van der Waals surface area contributed by atoms with E-state index < -0.39 is 36.1 Å². The highest BCUT2D eigenvalue weighted by Gasteiger charge is 2.51. The number of nitrogens with zero attached hydrogens (tertiary/aromatic N) is 3. The fraction of sp³-hybridized carbons (Fsp3) is 0.750. The maximum Gasteiger partial charge on any atom is 0.226 e. The molecule has 55 heavy (non-hydrogen) atoms. The molecule has 2 aliphatic heterocycles. The summed E-state index contributed by atoms with van der Waals surface area (Å²) in [4.78, 5) is 74.1. The predicted octanol–water partition coefficient (Wildman–Crippen LogP) is 5.35. The number of aliphatic hydroxyl groups excluding tert-OH is 1. The number of likely N-dealkylation sites (tertiary alicyclic amines) is 2. The van der Waals surface area contributed by atoms with Crippen molar-refractivity contribution in [1.29, 1.82) is 0 Å². The van der Waals surface area contributed by atoms with Gasteiger partial charge in [-0.05, 0) is 67.8 Å². The number of likely N-dealkylation sites (N-methyl/N-ethyl adjacent to an activating group) is 1. The van der Waals surface area contributed by atoms with Crippen molar-refractivity contribution in [2.75, 3.05) is 34.4 Å². The van der Waals surface area contributed by atoms with Crippen LogP contribution in [0.1, 0.15) is 105 Å². The summed E-state index contributed by atoms with van der Waals surface area (Å²) in [6, 6.07) is 8.76. The predicted molar refractivity (Wildman–Crippen MR) is 212 cm³/mol. The Labute approximate surface area is 329 Å². The van der Waals surface area contributed by atoms with Gasteiger partial charge in [0.15, 0.2) is 5.78 Å². The van der Waals surface area contributed by atoms with E-state index in [9.17, 15) is 29.1 Å². The van der Waals surface area contributed by atoms with Crippen LogP contribution in [0, 0.1) is 35.5 Å². The van der Waals surface area contributed by atoms with Crippen LogP contribution in [-0.2, 0) is 39.9 Å². The number of carbonyl (C=O) groups is 5. The second-order valence-corrected chi connectivity index (χ2v) is 17.1. The maximum atomic E-state index is 14.4. The van der Waals surface area contributed by atoms with Gasteiger partial charge < -0.3 is 29.3 Å². The van der Waals surface area contributed by atoms with Crippen LogP contribution < -0.4 is 0 Å². The fourth-order valence-electron chi connectivity index (χ4n) is 10.0. The second kappa shape index (κ2) is 20.3. The minimum atomic E-state index is -0.608. The zero-order chi connectivity index (χ0) is 40.6. The molecule has 308 valence electrons. The van der Waals surface area contributed by atoms with Crippen molar-refractivity contribution >= 4 is 29.3 Å². The molecule has 0 radical (unpaired) electrons. The first-order valence-corrected chi connectivity index (χ1v) is 20.8. The van der Waals surface area contributed by atoms with Crippen LogP contribution in [-0.4, -0.2) is 120 Å². The van der Waals surface area contributed by atoms with E-state index in [0.29, 0.717) is 19.4 Å². The summed E-state index contributed by atoms with van der Waals surface area (Å²) in [5.74, 6) is -1.62. The third kappa shape index (κ3) is 10.4. The molecular formula is C44H69N3O8. The molecule has 0 spiro atoms. The molecular weight excluding hydrogens is 698 g/mol. The van der Waals surface area contributed by atoms with Crippen LogP contribution >= 0.6 is 0 Å². The van der Waals surface area contributed by atoms with E-state index >= 15 is 0 Å². The van der Waals surface area contributed by atoms with E-state index in [-0.39, 0.29) is 90.9 Å². The monoisotopic (exact) mass is 768 g/mol. The summed E-state index contributed by atoms with van der Waals surface area (Å²) in [6.07, 6.45) is 4.76. The van der Waals surface area contributed by atoms with Gasteiger partial charge in [-0.3, -0.25) is 24.0 Å². The van der Waals surface area contributed by atoms with Gasteiger partial charge in [0, 0.05) is 72.1 Å². The minimum absolute atomic E-state index is 0.000459. The van der Waals surface area contributed by atoms with Gasteiger partial charge in [-0.1, -0.05) is 71.4 Å². The molecule has 2 saturated heterocycles. The largest absolute Gasteiger partial charge is 0.396 e. The first-order chi connectivity index (χ1) is 26.2. The number of carbonyl (C=O) groups excluding carboxylic acids is 5. The van der Waals surface area contributed by atoms with E-state index in [0.717, 1.165) is 37.7 Å². The molecule has 1 aromatic carbocycles. The molecule has 2 bridgehead atoms. The zero-order valence-corrected chi connectivity index (χ0v) is 34.9. The number of benzene rings is 1. The third-order valence-electron chi connectivity index (χ3n) is 13.3. The molecule has 4 rings (SSSR count). The molecule has 0 unspecified atom stereocenters. The van der Waals surface area contributed by atoms with Gasteiger partial charge in [0.1, 0.15) is 5.78 Å². The van der Waals surface area contributed by atoms with Crippen LogP contribution in [0.2, 0.25) is 0 Å². The normalized spacial score (nSPS) is 24.6. The standard InChI is InChI=1S/C44H69N3O8/c1-10-28(4)41(45(7)44(53)35(27(2)3)24-38(51)42-33-18-19-34(23-33)47(42)30(6)49)39(54-8)25-40(52)46-20-14-17-36(46)43(55-9)29(5)37(50)22-32(26-48)21-31-15-12-11-13-16-31/h11-13,15-16,27-29,32-36,39,41-43,48H,10,14,17-26H2,1-9H3/t28-,29-,32+,33-,34+,35-,36-,39+,41-,42-,43+/m0/s1. The van der Waals surface area contributed by atoms with Gasteiger partial charge in [0.05, 0.1) is 36.8 Å². The van der Waals surface area contributed by atoms with Gasteiger partial charge in [-0.25, -0.2) is 0 Å². The molecule has 11 heteroatoms. The van der Waals surface area contributed by atoms with Crippen LogP contribution in [0.5, 0.6) is 0 Å². The van der Waals surface area contributed by atoms with Crippen molar-refractivity contribution in [2.24, 2.45) is 35.5 Å². The highest BCUT2D eigenvalue weighted by Crippen LogP contribution is 2.44. The summed E-state index contributed by atoms with van der Waals surface area (Å²) < 4.78 is 12.0. The van der Waals surface area contributed by atoms with Crippen LogP contribution in [0.4, 0.5) is 0 Å². The van der Waals surface area contributed by atoms with E-state index in [1.54, 1.807) is 31.1 Å². The van der Waals surface area contributed by atoms with Crippen LogP contribution in [0.15, 0.2) is 30.3 Å². The number of rotatable bonds is 21. The summed E-state index contributed by atoms with van der Waals surface area (Å²) in [6.45, 7) is 11.9. The number of ether oxygens (including phenoxy) is 2. The summed E-state index contributed by atoms with van der Waals surface area (Å²) in [5, 5.41) is 10.1. The van der Waals surface area contributed by atoms with Crippen molar-refractivity contribution in [2.45, 2.75) is 142 Å². The van der Waals surface area contributed by atoms with Gasteiger partial charge in [-0.15, -0.1) is 0 Å². The lowest BCUT2D eigenvalue weighted by Crippen LogP contribution is -2.54. The molecule has 3 amide bonds. The topological polar surface area (TPSA) is 134 Å². The number of hydrogen-bond acceptors (Lipinski definition) is 8. The molecule has 11 nitrogen and oxygen atoms in total. The molecule has 3 aliphatic rings. The fourth-order valence-corrected chi connectivity index (χ4v) is 10.0. The average Bonchev–Trinajstić information content (AvgIpc) is 3.94. The second-order valence-electron chi connectivity index (χ2n) is 17.1. The molecule has 11 atom stereocenters. The van der Waals surface area contributed by atoms with Crippen LogP contribution in [0.25, 0.3) is 0 Å². The minimum Gasteiger partial charge on any atom is -0.396 e. The Morgan fingerprint density at radius 1 is 0.945 bits per heavy atom. The lowest BCUT2D eigenvalue weighted by atomic mass is 9.83. The summed E-state index contributed by atoms with van der Waals surface area (Å²) >= 11 is 0. The summed E-state index contributed by atoms with van der Waals surface area (Å²) in [7, 11) is 4.93. The van der Waals surface area contributed by atoms with Gasteiger partial charge in [-0.2, -0.15) is 0 Å². The lowest BCUT2D eigenvalue weighted by molar-refractivity contribution is -0.149. The van der Waals surface area contributed by atoms with Gasteiger partial charge >= 0.3 is 0 Å². The first kappa shape index (κ1) is 44.6. The molecule has 0 aromatic heterocycles. The van der Waals surface area contributed by atoms with E-state index in [4.69, 9.17) is 9.47 Å². The third-order valence-corrected chi connectivity index (χ3v) is 13.3. The molecule has 1 aromatic rings. The number of ketones is 2. The molecule has 3 fully saturated rings. The lowest BCUT2D eigenvalue weighted by Gasteiger charge is -2.41. The molecule has 1 saturated carbocycles. The van der Waals surface area contributed by atoms with Gasteiger partial charge in [0.25, 0.3) is 0 Å². The maximum absolute atomic E-state index is 14.4. The number of piperidine rings is 1. The highest BCUT2D eigenvalue weighted by molar-refractivity contribution is 5.93. The highest BCUT2D eigenvalue weighted by atomic mass is 16.5. The summed E-state index contributed by atoms with van der Waals surface area (Å²) in [5.41, 5.74) is 1.07. The molecule has 1 aliphatic carbocycles. The SMILES string of the molecule is CC[C@H](C)[C@@H]([C@@H](CC(=O)N1CCC[C@H]1[C@H](OC)[C@@H](C)C(=O)C[C@H](CO)Cc1ccccc1)OC)N(C)C(=O)[C@@H](CC(=O)[C@@H]1[C@H]2CC[C@H](C2)N1C(C)=O)C(C)C. The number of amides is 3. The Morgan fingerprint density at radius 3 is 2.22 bits per heavy atom. The number of fused-ring (bicyclic) bond motifs is 2. The van der Waals surface area contributed by atoms with Crippen molar-refractivity contribution in [1.82, 2.24) is 14.7 Å². The van der Waals surface area contributed by atoms with E-state index in [1.807, 2.05) is 56.0 Å². The number of Topliss-reactive ketones (excluding diaryl/α,β-unsaturated/α-hetero) is 2. The van der Waals surface area contributed by atoms with Crippen molar-refractivity contribution in [3.05, 3.63) is 35.9 Å². The first-order valence-electron chi connectivity index (χ1n) is 20.8. The van der Waals surface area contributed by atoms with E-state index in [1.165, 1.54) is 6.92 Å². The Balaban J connectivity index is 1.46. The van der Waals surface area contributed by atoms with Gasteiger partial charge in [0.2, 0.25) is 17.7 Å². The number of aliphatic hydroxyl groups is 1. The number of methoxy groups -OCH3 is 2. The average molecular weight is 768 g/mol. The molecule has 2 heterocycles. The van der Waals surface area contributed by atoms with Crippen molar-refractivity contribution in [3.63, 3.8) is 0 Å². The quantitative estimate of drug-likeness (QED) is 0.177. The van der Waals surface area contributed by atoms with Crippen molar-refractivity contribution < 1.29 is 38.6 Å². The van der Waals surface area contributed by atoms with E-state index in [2.05, 4.69) is 13.8 Å². The smallest absolute Gasteiger partial charge is 0.226 e. The zero-order valence-electron chi connectivity index (χ0n) is 34.9. The van der Waals surface area contributed by atoms with Crippen LogP contribution in [0.3, 0.4) is 0 Å². The Kier molecular flexibility index (Phi) is 16.5. The Hall–Kier alpha value is -3.15. The Morgan fingerprint density at radius 2 is 1.64 bits per heavy atom.